The maximum Gasteiger partial charge on any atom is 0.349 e. The summed E-state index contributed by atoms with van der Waals surface area (Å²) in [4.78, 5) is 37.8. The van der Waals surface area contributed by atoms with Crippen LogP contribution >= 0.6 is 0 Å². The van der Waals surface area contributed by atoms with E-state index in [1.54, 1.807) is 4.90 Å². The standard InChI is InChI=1S/C15H15N3O5/c1-16-4-6-17(7-5-16)14(19)12-9-10-8-11(18(21)22)2-3-13(10)23-15(12)20/h2-3,8-9H,4-7H2,1H3/p+1. The van der Waals surface area contributed by atoms with Crippen LogP contribution in [0.2, 0.25) is 0 Å². The number of hydrogen-bond acceptors (Lipinski definition) is 5. The van der Waals surface area contributed by atoms with Crippen molar-refractivity contribution >= 4 is 22.6 Å². The highest BCUT2D eigenvalue weighted by Gasteiger charge is 2.25. The topological polar surface area (TPSA) is 98.1 Å². The molecular formula is C15H16N3O5+. The highest BCUT2D eigenvalue weighted by Crippen LogP contribution is 2.20. The number of piperazine rings is 1. The highest BCUT2D eigenvalue weighted by molar-refractivity contribution is 5.97. The predicted molar refractivity (Wildman–Crippen MR) is 81.7 cm³/mol. The van der Waals surface area contributed by atoms with E-state index in [9.17, 15) is 19.7 Å². The number of nitrogens with zero attached hydrogens (tertiary/aromatic N) is 2. The zero-order valence-corrected chi connectivity index (χ0v) is 12.6. The van der Waals surface area contributed by atoms with Gasteiger partial charge in [0.05, 0.1) is 38.2 Å². The van der Waals surface area contributed by atoms with Crippen LogP contribution < -0.4 is 10.5 Å². The number of nitrogens with one attached hydrogen (secondary N) is 1. The Morgan fingerprint density at radius 3 is 2.65 bits per heavy atom. The average Bonchev–Trinajstić information content (AvgIpc) is 2.53. The van der Waals surface area contributed by atoms with Crippen LogP contribution in [0.15, 0.2) is 33.5 Å². The Kier molecular flexibility index (Phi) is 3.83. The zero-order chi connectivity index (χ0) is 16.6. The van der Waals surface area contributed by atoms with Gasteiger partial charge in [0, 0.05) is 17.5 Å². The van der Waals surface area contributed by atoms with Gasteiger partial charge < -0.3 is 14.2 Å². The Balaban J connectivity index is 1.99. The van der Waals surface area contributed by atoms with Crippen LogP contribution in [-0.4, -0.2) is 49.0 Å². The fourth-order valence-electron chi connectivity index (χ4n) is 2.64. The van der Waals surface area contributed by atoms with E-state index in [1.807, 2.05) is 7.05 Å². The molecule has 0 spiro atoms. The van der Waals surface area contributed by atoms with E-state index in [0.29, 0.717) is 18.5 Å². The number of nitro groups is 1. The second-order valence-electron chi connectivity index (χ2n) is 5.68. The van der Waals surface area contributed by atoms with Gasteiger partial charge in [0.25, 0.3) is 11.6 Å². The zero-order valence-electron chi connectivity index (χ0n) is 12.6. The Hall–Kier alpha value is -2.74. The number of non-ortho nitro benzene ring substituents is 1. The second kappa shape index (κ2) is 5.81. The highest BCUT2D eigenvalue weighted by atomic mass is 16.6. The monoisotopic (exact) mass is 318 g/mol. The number of likely N-dealkylation sites (N-methyl/N-ethyl adjacent to an activating group) is 1. The first-order chi connectivity index (χ1) is 11.0. The number of hydrogen-bond donors (Lipinski definition) is 1. The van der Waals surface area contributed by atoms with Crippen molar-refractivity contribution in [1.29, 1.82) is 0 Å². The predicted octanol–water partition coefficient (Wildman–Crippen LogP) is -0.328. The molecule has 1 aromatic carbocycles. The van der Waals surface area contributed by atoms with Gasteiger partial charge in [0.1, 0.15) is 11.1 Å². The van der Waals surface area contributed by atoms with Crippen LogP contribution in [0.4, 0.5) is 5.69 Å². The average molecular weight is 318 g/mol. The van der Waals surface area contributed by atoms with Gasteiger partial charge in [-0.05, 0) is 12.1 Å². The number of carbonyl (C=O) groups excluding carboxylic acids is 1. The van der Waals surface area contributed by atoms with Gasteiger partial charge in [-0.3, -0.25) is 14.9 Å². The fourth-order valence-corrected chi connectivity index (χ4v) is 2.64. The van der Waals surface area contributed by atoms with E-state index in [1.165, 1.54) is 29.2 Å². The molecular weight excluding hydrogens is 302 g/mol. The van der Waals surface area contributed by atoms with Crippen LogP contribution in [0, 0.1) is 10.1 Å². The minimum atomic E-state index is -0.720. The van der Waals surface area contributed by atoms with Crippen molar-refractivity contribution in [3.63, 3.8) is 0 Å². The van der Waals surface area contributed by atoms with Crippen molar-refractivity contribution < 1.29 is 19.0 Å². The summed E-state index contributed by atoms with van der Waals surface area (Å²) in [6.07, 6.45) is 0. The Labute approximate surface area is 131 Å². The molecule has 1 N–H and O–H groups in total. The third-order valence-corrected chi connectivity index (χ3v) is 4.06. The molecule has 8 nitrogen and oxygen atoms in total. The number of fused-ring (bicyclic) bond motifs is 1. The van der Waals surface area contributed by atoms with E-state index in [-0.39, 0.29) is 22.7 Å². The maximum absolute atomic E-state index is 12.5. The lowest BCUT2D eigenvalue weighted by Gasteiger charge is -2.29. The summed E-state index contributed by atoms with van der Waals surface area (Å²) in [5.41, 5.74) is -0.701. The first-order valence-electron chi connectivity index (χ1n) is 7.28. The first-order valence-corrected chi connectivity index (χ1v) is 7.28. The van der Waals surface area contributed by atoms with Crippen molar-refractivity contribution in [1.82, 2.24) is 4.90 Å². The van der Waals surface area contributed by atoms with Crippen LogP contribution in [0.25, 0.3) is 11.0 Å². The summed E-state index contributed by atoms with van der Waals surface area (Å²) < 4.78 is 5.13. The molecule has 1 amide bonds. The molecule has 120 valence electrons. The molecule has 2 aromatic rings. The SMILES string of the molecule is C[NH+]1CCN(C(=O)c2cc3cc([N+](=O)[O-])ccc3oc2=O)CC1. The lowest BCUT2D eigenvalue weighted by Crippen LogP contribution is -3.12. The Bertz CT molecular complexity index is 837. The molecule has 1 fully saturated rings. The molecule has 0 atom stereocenters. The van der Waals surface area contributed by atoms with Crippen LogP contribution in [-0.2, 0) is 0 Å². The third-order valence-electron chi connectivity index (χ3n) is 4.06. The van der Waals surface area contributed by atoms with Crippen LogP contribution in [0.5, 0.6) is 0 Å². The summed E-state index contributed by atoms with van der Waals surface area (Å²) in [5, 5.41) is 11.2. The largest absolute Gasteiger partial charge is 0.422 e. The summed E-state index contributed by atoms with van der Waals surface area (Å²) >= 11 is 0. The molecule has 8 heteroatoms. The molecule has 3 rings (SSSR count). The van der Waals surface area contributed by atoms with Gasteiger partial charge in [-0.25, -0.2) is 4.79 Å². The van der Waals surface area contributed by atoms with Crippen LogP contribution in [0.1, 0.15) is 10.4 Å². The smallest absolute Gasteiger partial charge is 0.349 e. The summed E-state index contributed by atoms with van der Waals surface area (Å²) in [6.45, 7) is 2.76. The molecule has 0 saturated carbocycles. The maximum atomic E-state index is 12.5. The fraction of sp³-hybridized carbons (Fsp3) is 0.333. The van der Waals surface area contributed by atoms with Crippen molar-refractivity contribution in [2.75, 3.05) is 33.2 Å². The molecule has 1 aromatic heterocycles. The lowest BCUT2D eigenvalue weighted by molar-refractivity contribution is -0.883. The molecule has 1 aliphatic rings. The van der Waals surface area contributed by atoms with E-state index < -0.39 is 10.5 Å². The first kappa shape index (κ1) is 15.2. The summed E-state index contributed by atoms with van der Waals surface area (Å²) in [5.74, 6) is -0.389. The number of rotatable bonds is 2. The number of amides is 1. The van der Waals surface area contributed by atoms with Crippen LogP contribution in [0.3, 0.4) is 0 Å². The molecule has 1 aliphatic heterocycles. The van der Waals surface area contributed by atoms with Gasteiger partial charge >= 0.3 is 5.63 Å². The third kappa shape index (κ3) is 2.93. The van der Waals surface area contributed by atoms with Gasteiger partial charge in [0.2, 0.25) is 0 Å². The minimum absolute atomic E-state index is 0.0856. The normalized spacial score (nSPS) is 15.8. The number of quaternary nitrogens is 1. The van der Waals surface area contributed by atoms with Crippen molar-refractivity contribution in [2.24, 2.45) is 0 Å². The summed E-state index contributed by atoms with van der Waals surface area (Å²) in [7, 11) is 2.05. The minimum Gasteiger partial charge on any atom is -0.422 e. The van der Waals surface area contributed by atoms with E-state index >= 15 is 0 Å². The van der Waals surface area contributed by atoms with Gasteiger partial charge in [0.15, 0.2) is 0 Å². The van der Waals surface area contributed by atoms with Gasteiger partial charge in [-0.15, -0.1) is 0 Å². The lowest BCUT2D eigenvalue weighted by atomic mass is 10.1. The van der Waals surface area contributed by atoms with Crippen molar-refractivity contribution in [3.8, 4) is 0 Å². The molecule has 0 radical (unpaired) electrons. The molecule has 0 unspecified atom stereocenters. The molecule has 0 aliphatic carbocycles. The van der Waals surface area contributed by atoms with Gasteiger partial charge in [-0.2, -0.15) is 0 Å². The molecule has 2 heterocycles. The summed E-state index contributed by atoms with van der Waals surface area (Å²) in [6, 6.07) is 5.29. The Morgan fingerprint density at radius 2 is 2.00 bits per heavy atom. The van der Waals surface area contributed by atoms with Gasteiger partial charge in [-0.1, -0.05) is 0 Å². The number of nitro benzene ring substituents is 1. The number of carbonyl (C=O) groups is 1. The van der Waals surface area contributed by atoms with E-state index in [0.717, 1.165) is 13.1 Å². The van der Waals surface area contributed by atoms with E-state index in [2.05, 4.69) is 0 Å². The Morgan fingerprint density at radius 1 is 1.30 bits per heavy atom. The quantitative estimate of drug-likeness (QED) is 0.464. The van der Waals surface area contributed by atoms with Crippen molar-refractivity contribution in [2.45, 2.75) is 0 Å². The second-order valence-corrected chi connectivity index (χ2v) is 5.68. The molecule has 0 bridgehead atoms. The number of benzene rings is 1. The van der Waals surface area contributed by atoms with E-state index in [4.69, 9.17) is 4.42 Å². The molecule has 23 heavy (non-hydrogen) atoms. The van der Waals surface area contributed by atoms with Crippen molar-refractivity contribution in [3.05, 3.63) is 50.4 Å². The molecule has 1 saturated heterocycles.